The smallest absolute Gasteiger partial charge is 0.133 e. The highest BCUT2D eigenvalue weighted by molar-refractivity contribution is 8.10. The van der Waals surface area contributed by atoms with Crippen LogP contribution in [0.4, 0.5) is 0 Å². The maximum absolute atomic E-state index is 5.30. The molecule has 0 radical (unpaired) electrons. The van der Waals surface area contributed by atoms with Crippen molar-refractivity contribution in [3.63, 3.8) is 0 Å². The Balaban J connectivity index is 0. The van der Waals surface area contributed by atoms with Gasteiger partial charge in [0.25, 0.3) is 0 Å². The van der Waals surface area contributed by atoms with Crippen molar-refractivity contribution in [2.45, 2.75) is 117 Å². The zero-order valence-electron chi connectivity index (χ0n) is 17.0. The summed E-state index contributed by atoms with van der Waals surface area (Å²) in [5, 5.41) is 0. The van der Waals surface area contributed by atoms with Gasteiger partial charge in [-0.05, 0) is 12.8 Å². The van der Waals surface area contributed by atoms with Gasteiger partial charge in [-0.25, -0.2) is 0 Å². The van der Waals surface area contributed by atoms with Crippen molar-refractivity contribution in [3.8, 4) is 0 Å². The molecule has 152 valence electrons. The SMILES string of the molecule is CCCCCCCCCCN(CCCCCCCCCC)C(=S)S.S. The third-order valence-corrected chi connectivity index (χ3v) is 5.37. The molecule has 0 aliphatic heterocycles. The van der Waals surface area contributed by atoms with Crippen molar-refractivity contribution >= 4 is 42.7 Å². The van der Waals surface area contributed by atoms with E-state index in [0.29, 0.717) is 0 Å². The third-order valence-electron chi connectivity index (χ3n) is 4.83. The molecular weight excluding hydrogens is 362 g/mol. The summed E-state index contributed by atoms with van der Waals surface area (Å²) < 4.78 is 0.792. The minimum absolute atomic E-state index is 0. The fourth-order valence-corrected chi connectivity index (χ4v) is 3.56. The molecule has 0 unspecified atom stereocenters. The van der Waals surface area contributed by atoms with Crippen LogP contribution in [0.5, 0.6) is 0 Å². The van der Waals surface area contributed by atoms with Crippen molar-refractivity contribution in [1.29, 1.82) is 0 Å². The fraction of sp³-hybridized carbons (Fsp3) is 0.952. The van der Waals surface area contributed by atoms with Crippen molar-refractivity contribution < 1.29 is 0 Å². The van der Waals surface area contributed by atoms with Gasteiger partial charge in [-0.2, -0.15) is 13.5 Å². The number of hydrogen-bond acceptors (Lipinski definition) is 1. The van der Waals surface area contributed by atoms with Crippen LogP contribution < -0.4 is 0 Å². The second-order valence-electron chi connectivity index (χ2n) is 7.22. The molecule has 0 saturated carbocycles. The summed E-state index contributed by atoms with van der Waals surface area (Å²) in [5.41, 5.74) is 0. The summed E-state index contributed by atoms with van der Waals surface area (Å²) in [4.78, 5) is 2.31. The largest absolute Gasteiger partial charge is 0.358 e. The predicted molar refractivity (Wildman–Crippen MR) is 129 cm³/mol. The topological polar surface area (TPSA) is 3.24 Å². The average Bonchev–Trinajstić information content (AvgIpc) is 2.57. The first-order valence-corrected chi connectivity index (χ1v) is 11.6. The second kappa shape index (κ2) is 22.6. The monoisotopic (exact) mass is 407 g/mol. The van der Waals surface area contributed by atoms with Crippen LogP contribution in [-0.4, -0.2) is 22.3 Å². The van der Waals surface area contributed by atoms with E-state index in [1.165, 1.54) is 103 Å². The summed E-state index contributed by atoms with van der Waals surface area (Å²) in [6, 6.07) is 0. The molecule has 25 heavy (non-hydrogen) atoms. The minimum Gasteiger partial charge on any atom is -0.358 e. The molecule has 0 aliphatic carbocycles. The predicted octanol–water partition coefficient (Wildman–Crippen LogP) is 7.90. The third kappa shape index (κ3) is 20.8. The van der Waals surface area contributed by atoms with E-state index in [1.807, 2.05) is 0 Å². The lowest BCUT2D eigenvalue weighted by Crippen LogP contribution is -2.28. The van der Waals surface area contributed by atoms with Crippen molar-refractivity contribution in [2.24, 2.45) is 0 Å². The fourth-order valence-electron chi connectivity index (χ4n) is 3.18. The molecule has 0 aromatic rings. The van der Waals surface area contributed by atoms with Crippen LogP contribution in [0.15, 0.2) is 0 Å². The van der Waals surface area contributed by atoms with E-state index in [4.69, 9.17) is 12.2 Å². The molecule has 0 N–H and O–H groups in total. The Morgan fingerprint density at radius 1 is 0.600 bits per heavy atom. The summed E-state index contributed by atoms with van der Waals surface area (Å²) >= 11 is 9.72. The van der Waals surface area contributed by atoms with Gasteiger partial charge in [0.05, 0.1) is 0 Å². The van der Waals surface area contributed by atoms with Gasteiger partial charge in [0.15, 0.2) is 0 Å². The first-order chi connectivity index (χ1) is 11.7. The Labute approximate surface area is 177 Å². The van der Waals surface area contributed by atoms with E-state index in [2.05, 4.69) is 31.4 Å². The van der Waals surface area contributed by atoms with Gasteiger partial charge in [0.2, 0.25) is 0 Å². The molecule has 0 heterocycles. The molecule has 4 heteroatoms. The highest BCUT2D eigenvalue weighted by atomic mass is 32.1. The lowest BCUT2D eigenvalue weighted by atomic mass is 10.1. The quantitative estimate of drug-likeness (QED) is 0.140. The zero-order valence-corrected chi connectivity index (χ0v) is 19.7. The van der Waals surface area contributed by atoms with E-state index in [-0.39, 0.29) is 13.5 Å². The Morgan fingerprint density at radius 3 is 1.16 bits per heavy atom. The highest BCUT2D eigenvalue weighted by Gasteiger charge is 2.05. The number of hydrogen-bond donors (Lipinski definition) is 1. The maximum atomic E-state index is 5.30. The Kier molecular flexibility index (Phi) is 25.2. The van der Waals surface area contributed by atoms with Crippen LogP contribution in [0.3, 0.4) is 0 Å². The van der Waals surface area contributed by atoms with E-state index in [0.717, 1.165) is 17.4 Å². The average molecular weight is 408 g/mol. The van der Waals surface area contributed by atoms with E-state index < -0.39 is 0 Å². The molecule has 0 bridgehead atoms. The summed E-state index contributed by atoms with van der Waals surface area (Å²) in [6.45, 7) is 6.77. The lowest BCUT2D eigenvalue weighted by molar-refractivity contribution is 0.394. The van der Waals surface area contributed by atoms with Gasteiger partial charge in [-0.1, -0.05) is 116 Å². The van der Waals surface area contributed by atoms with Crippen LogP contribution in [0, 0.1) is 0 Å². The second-order valence-corrected chi connectivity index (χ2v) is 8.33. The van der Waals surface area contributed by atoms with Gasteiger partial charge in [0, 0.05) is 13.1 Å². The Bertz CT molecular complexity index is 252. The molecule has 0 aliphatic rings. The molecule has 0 rings (SSSR count). The first-order valence-electron chi connectivity index (χ1n) is 10.7. The summed E-state index contributed by atoms with van der Waals surface area (Å²) in [5.74, 6) is 0. The molecule has 0 spiro atoms. The van der Waals surface area contributed by atoms with Gasteiger partial charge in [-0.3, -0.25) is 0 Å². The molecule has 0 aromatic carbocycles. The summed E-state index contributed by atoms with van der Waals surface area (Å²) in [7, 11) is 0. The van der Waals surface area contributed by atoms with Crippen molar-refractivity contribution in [1.82, 2.24) is 4.90 Å². The highest BCUT2D eigenvalue weighted by Crippen LogP contribution is 2.12. The molecule has 0 atom stereocenters. The van der Waals surface area contributed by atoms with Gasteiger partial charge < -0.3 is 4.90 Å². The number of unbranched alkanes of at least 4 members (excludes halogenated alkanes) is 14. The van der Waals surface area contributed by atoms with Gasteiger partial charge in [0.1, 0.15) is 4.32 Å². The van der Waals surface area contributed by atoms with E-state index in [1.54, 1.807) is 0 Å². The van der Waals surface area contributed by atoms with Crippen molar-refractivity contribution in [3.05, 3.63) is 0 Å². The van der Waals surface area contributed by atoms with Crippen LogP contribution >= 0.6 is 38.3 Å². The molecule has 0 saturated heterocycles. The van der Waals surface area contributed by atoms with Gasteiger partial charge >= 0.3 is 0 Å². The molecular formula is C21H45NS3. The number of thiocarbonyl (C=S) groups is 1. The van der Waals surface area contributed by atoms with Crippen LogP contribution in [-0.2, 0) is 0 Å². The van der Waals surface area contributed by atoms with Crippen LogP contribution in [0.2, 0.25) is 0 Å². The maximum Gasteiger partial charge on any atom is 0.133 e. The van der Waals surface area contributed by atoms with Gasteiger partial charge in [-0.15, -0.1) is 12.6 Å². The number of nitrogens with zero attached hydrogens (tertiary/aromatic N) is 1. The molecule has 0 amide bonds. The van der Waals surface area contributed by atoms with Crippen molar-refractivity contribution in [2.75, 3.05) is 13.1 Å². The molecule has 1 nitrogen and oxygen atoms in total. The Morgan fingerprint density at radius 2 is 0.880 bits per heavy atom. The number of rotatable bonds is 18. The normalized spacial score (nSPS) is 10.5. The van der Waals surface area contributed by atoms with Crippen LogP contribution in [0.1, 0.15) is 117 Å². The van der Waals surface area contributed by atoms with Crippen LogP contribution in [0.25, 0.3) is 0 Å². The molecule has 0 fully saturated rings. The summed E-state index contributed by atoms with van der Waals surface area (Å²) in [6.07, 6.45) is 22.0. The zero-order chi connectivity index (χ0) is 17.9. The number of thiol groups is 1. The first kappa shape index (κ1) is 27.8. The minimum atomic E-state index is 0. The lowest BCUT2D eigenvalue weighted by Gasteiger charge is -2.22. The standard InChI is InChI=1S/C21H43NS2.H2S/c1-3-5-7-9-11-13-15-17-19-22(21(23)24)20-18-16-14-12-10-8-6-4-2;/h3-20H2,1-2H3,(H,23,24);1H2. The van der Waals surface area contributed by atoms with E-state index >= 15 is 0 Å². The molecule has 0 aromatic heterocycles. The van der Waals surface area contributed by atoms with E-state index in [9.17, 15) is 0 Å². The Hall–Kier alpha value is 0.590.